The van der Waals surface area contributed by atoms with E-state index in [1.807, 2.05) is 67.5 Å². The highest BCUT2D eigenvalue weighted by Gasteiger charge is 2.16. The molecule has 0 radical (unpaired) electrons. The third-order valence-electron chi connectivity index (χ3n) is 3.14. The van der Waals surface area contributed by atoms with Crippen LogP contribution < -0.4 is 5.32 Å². The number of benzene rings is 1. The Morgan fingerprint density at radius 3 is 2.48 bits per heavy atom. The number of amides is 1. The van der Waals surface area contributed by atoms with Crippen molar-refractivity contribution in [3.05, 3.63) is 66.0 Å². The van der Waals surface area contributed by atoms with Gasteiger partial charge in [-0.25, -0.2) is 0 Å². The Morgan fingerprint density at radius 1 is 1.14 bits per heavy atom. The van der Waals surface area contributed by atoms with Crippen LogP contribution in [0.3, 0.4) is 0 Å². The van der Waals surface area contributed by atoms with Crippen LogP contribution in [-0.2, 0) is 11.2 Å². The maximum Gasteiger partial charge on any atom is 0.234 e. The van der Waals surface area contributed by atoms with Gasteiger partial charge in [0.05, 0.1) is 12.6 Å². The van der Waals surface area contributed by atoms with Gasteiger partial charge in [0.1, 0.15) is 0 Å². The molecule has 4 heteroatoms. The summed E-state index contributed by atoms with van der Waals surface area (Å²) in [5.74, 6) is 0.0183. The maximum atomic E-state index is 12.1. The summed E-state index contributed by atoms with van der Waals surface area (Å²) in [5, 5.41) is 3.09. The molecule has 1 aromatic carbocycles. The molecule has 0 bridgehead atoms. The van der Waals surface area contributed by atoms with Gasteiger partial charge in [-0.1, -0.05) is 36.4 Å². The highest BCUT2D eigenvalue weighted by molar-refractivity contribution is 5.78. The van der Waals surface area contributed by atoms with E-state index < -0.39 is 0 Å². The summed E-state index contributed by atoms with van der Waals surface area (Å²) in [5.41, 5.74) is 2.06. The van der Waals surface area contributed by atoms with Crippen LogP contribution in [0.25, 0.3) is 0 Å². The first-order chi connectivity index (χ1) is 10.1. The summed E-state index contributed by atoms with van der Waals surface area (Å²) in [6.45, 7) is 0.381. The zero-order chi connectivity index (χ0) is 15.1. The molecule has 1 aromatic heterocycles. The molecular weight excluding hydrogens is 262 g/mol. The first kappa shape index (κ1) is 15.2. The second-order valence-electron chi connectivity index (χ2n) is 5.29. The summed E-state index contributed by atoms with van der Waals surface area (Å²) in [6.07, 6.45) is 2.46. The Balaban J connectivity index is 2.13. The Kier molecular flexibility index (Phi) is 5.46. The highest BCUT2D eigenvalue weighted by atomic mass is 16.2. The van der Waals surface area contributed by atoms with Gasteiger partial charge in [0.25, 0.3) is 0 Å². The van der Waals surface area contributed by atoms with E-state index in [4.69, 9.17) is 0 Å². The molecule has 0 saturated carbocycles. The number of nitrogens with zero attached hydrogens (tertiary/aromatic N) is 2. The van der Waals surface area contributed by atoms with Crippen LogP contribution in [0.15, 0.2) is 54.7 Å². The normalized spacial score (nSPS) is 12.1. The highest BCUT2D eigenvalue weighted by Crippen LogP contribution is 2.17. The zero-order valence-corrected chi connectivity index (χ0v) is 12.5. The van der Waals surface area contributed by atoms with Crippen LogP contribution >= 0.6 is 0 Å². The quantitative estimate of drug-likeness (QED) is 0.882. The summed E-state index contributed by atoms with van der Waals surface area (Å²) < 4.78 is 0. The van der Waals surface area contributed by atoms with E-state index in [0.29, 0.717) is 13.0 Å². The predicted octanol–water partition coefficient (Wildman–Crippen LogP) is 2.04. The molecule has 2 rings (SSSR count). The van der Waals surface area contributed by atoms with Crippen molar-refractivity contribution in [1.29, 1.82) is 0 Å². The minimum absolute atomic E-state index is 0.0183. The molecule has 0 saturated heterocycles. The number of aromatic nitrogens is 1. The Hall–Kier alpha value is -2.20. The molecule has 110 valence electrons. The van der Waals surface area contributed by atoms with E-state index in [2.05, 4.69) is 10.3 Å². The van der Waals surface area contributed by atoms with E-state index in [1.165, 1.54) is 0 Å². The number of hydrogen-bond acceptors (Lipinski definition) is 3. The van der Waals surface area contributed by atoms with Crippen LogP contribution in [0.1, 0.15) is 17.3 Å². The van der Waals surface area contributed by atoms with Crippen molar-refractivity contribution >= 4 is 5.91 Å². The molecule has 2 aromatic rings. The Bertz CT molecular complexity index is 555. The lowest BCUT2D eigenvalue weighted by atomic mass is 10.0. The van der Waals surface area contributed by atoms with E-state index in [-0.39, 0.29) is 11.9 Å². The molecule has 1 N–H and O–H groups in total. The lowest BCUT2D eigenvalue weighted by molar-refractivity contribution is -0.122. The number of carbonyl (C=O) groups excluding carboxylic acids is 1. The van der Waals surface area contributed by atoms with Crippen molar-refractivity contribution in [3.63, 3.8) is 0 Å². The molecule has 0 aliphatic carbocycles. The fourth-order valence-corrected chi connectivity index (χ4v) is 2.19. The lowest BCUT2D eigenvalue weighted by Crippen LogP contribution is -2.36. The van der Waals surface area contributed by atoms with Gasteiger partial charge >= 0.3 is 0 Å². The number of pyridine rings is 1. The second kappa shape index (κ2) is 7.55. The number of rotatable bonds is 6. The first-order valence-electron chi connectivity index (χ1n) is 7.04. The van der Waals surface area contributed by atoms with Gasteiger partial charge in [0.2, 0.25) is 5.91 Å². The fraction of sp³-hybridized carbons (Fsp3) is 0.294. The number of carbonyl (C=O) groups is 1. The molecular formula is C17H21N3O. The fourth-order valence-electron chi connectivity index (χ4n) is 2.19. The van der Waals surface area contributed by atoms with Gasteiger partial charge in [0, 0.05) is 18.3 Å². The summed E-state index contributed by atoms with van der Waals surface area (Å²) in [7, 11) is 3.77. The number of likely N-dealkylation sites (N-methyl/N-ethyl adjacent to an activating group) is 1. The molecule has 0 aliphatic heterocycles. The third-order valence-corrected chi connectivity index (χ3v) is 3.14. The molecule has 1 amide bonds. The van der Waals surface area contributed by atoms with Gasteiger partial charge in [0.15, 0.2) is 0 Å². The minimum atomic E-state index is -0.0615. The molecule has 0 fully saturated rings. The van der Waals surface area contributed by atoms with Gasteiger partial charge in [-0.05, 0) is 31.8 Å². The van der Waals surface area contributed by atoms with Crippen LogP contribution in [0, 0.1) is 0 Å². The van der Waals surface area contributed by atoms with E-state index >= 15 is 0 Å². The minimum Gasteiger partial charge on any atom is -0.348 e. The monoisotopic (exact) mass is 283 g/mol. The largest absolute Gasteiger partial charge is 0.348 e. The van der Waals surface area contributed by atoms with E-state index in [1.54, 1.807) is 6.20 Å². The molecule has 1 unspecified atom stereocenters. The smallest absolute Gasteiger partial charge is 0.234 e. The number of nitrogens with one attached hydrogen (secondary N) is 1. The molecule has 1 heterocycles. The molecule has 0 aliphatic rings. The van der Waals surface area contributed by atoms with Crippen molar-refractivity contribution in [3.8, 4) is 0 Å². The average molecular weight is 283 g/mol. The van der Waals surface area contributed by atoms with Crippen LogP contribution in [0.5, 0.6) is 0 Å². The van der Waals surface area contributed by atoms with Crippen molar-refractivity contribution < 1.29 is 4.79 Å². The summed E-state index contributed by atoms with van der Waals surface area (Å²) in [4.78, 5) is 18.3. The van der Waals surface area contributed by atoms with Gasteiger partial charge in [-0.2, -0.15) is 0 Å². The molecule has 4 nitrogen and oxygen atoms in total. The standard InChI is InChI=1S/C17H21N3O/c1-20(2)13-17(21)19-16(14-8-4-3-5-9-14)12-15-10-6-7-11-18-15/h3-11,16H,12-13H2,1-2H3,(H,19,21). The SMILES string of the molecule is CN(C)CC(=O)NC(Cc1ccccn1)c1ccccc1. The third kappa shape index (κ3) is 5.00. The lowest BCUT2D eigenvalue weighted by Gasteiger charge is -2.20. The first-order valence-corrected chi connectivity index (χ1v) is 7.04. The molecule has 1 atom stereocenters. The van der Waals surface area contributed by atoms with Crippen molar-refractivity contribution in [2.75, 3.05) is 20.6 Å². The van der Waals surface area contributed by atoms with Crippen LogP contribution in [0.2, 0.25) is 0 Å². The summed E-state index contributed by atoms with van der Waals surface area (Å²) >= 11 is 0. The van der Waals surface area contributed by atoms with Crippen molar-refractivity contribution in [2.45, 2.75) is 12.5 Å². The van der Waals surface area contributed by atoms with Gasteiger partial charge in [-0.3, -0.25) is 9.78 Å². The Labute approximate surface area is 125 Å². The van der Waals surface area contributed by atoms with Gasteiger partial charge < -0.3 is 10.2 Å². The average Bonchev–Trinajstić information content (AvgIpc) is 2.48. The zero-order valence-electron chi connectivity index (χ0n) is 12.5. The van der Waals surface area contributed by atoms with E-state index in [0.717, 1.165) is 11.3 Å². The van der Waals surface area contributed by atoms with Crippen molar-refractivity contribution in [2.24, 2.45) is 0 Å². The van der Waals surface area contributed by atoms with Crippen LogP contribution in [0.4, 0.5) is 0 Å². The van der Waals surface area contributed by atoms with Crippen molar-refractivity contribution in [1.82, 2.24) is 15.2 Å². The van der Waals surface area contributed by atoms with Gasteiger partial charge in [-0.15, -0.1) is 0 Å². The number of hydrogen-bond donors (Lipinski definition) is 1. The van der Waals surface area contributed by atoms with Crippen LogP contribution in [-0.4, -0.2) is 36.4 Å². The molecule has 21 heavy (non-hydrogen) atoms. The predicted molar refractivity (Wildman–Crippen MR) is 83.8 cm³/mol. The second-order valence-corrected chi connectivity index (χ2v) is 5.29. The topological polar surface area (TPSA) is 45.2 Å². The summed E-state index contributed by atoms with van der Waals surface area (Å²) in [6, 6.07) is 15.8. The Morgan fingerprint density at radius 2 is 1.86 bits per heavy atom. The molecule has 0 spiro atoms. The van der Waals surface area contributed by atoms with E-state index in [9.17, 15) is 4.79 Å². The maximum absolute atomic E-state index is 12.1.